The minimum absolute atomic E-state index is 0.728. The van der Waals surface area contributed by atoms with E-state index in [1.165, 1.54) is 10.9 Å². The average Bonchev–Trinajstić information content (AvgIpc) is 2.36. The molecule has 1 heterocycles. The fourth-order valence-corrected chi connectivity index (χ4v) is 1.90. The Labute approximate surface area is 102 Å². The lowest BCUT2D eigenvalue weighted by molar-refractivity contribution is 0.202. The van der Waals surface area contributed by atoms with Crippen molar-refractivity contribution in [3.8, 4) is 0 Å². The van der Waals surface area contributed by atoms with Gasteiger partial charge in [-0.05, 0) is 31.0 Å². The summed E-state index contributed by atoms with van der Waals surface area (Å²) in [7, 11) is 1.72. The predicted octanol–water partition coefficient (Wildman–Crippen LogP) is 2.86. The van der Waals surface area contributed by atoms with Crippen molar-refractivity contribution in [1.29, 1.82) is 0 Å². The van der Waals surface area contributed by atoms with Crippen molar-refractivity contribution in [1.82, 2.24) is 4.98 Å². The van der Waals surface area contributed by atoms with Crippen LogP contribution < -0.4 is 5.32 Å². The number of nitrogens with one attached hydrogen (secondary N) is 1. The molecule has 0 fully saturated rings. The maximum absolute atomic E-state index is 5.13. The first kappa shape index (κ1) is 11.9. The lowest BCUT2D eigenvalue weighted by Gasteiger charge is -2.08. The number of fused-ring (bicyclic) bond motifs is 1. The van der Waals surface area contributed by atoms with E-state index in [0.717, 1.165) is 30.9 Å². The van der Waals surface area contributed by atoms with Gasteiger partial charge in [0.15, 0.2) is 0 Å². The molecule has 2 aromatic rings. The number of rotatable bonds is 5. The molecule has 90 valence electrons. The first-order chi connectivity index (χ1) is 8.35. The second kappa shape index (κ2) is 5.64. The van der Waals surface area contributed by atoms with Crippen LogP contribution in [0.3, 0.4) is 0 Å². The Morgan fingerprint density at radius 3 is 2.88 bits per heavy atom. The molecule has 0 aliphatic carbocycles. The fourth-order valence-electron chi connectivity index (χ4n) is 1.90. The zero-order valence-corrected chi connectivity index (χ0v) is 10.4. The van der Waals surface area contributed by atoms with Gasteiger partial charge in [-0.2, -0.15) is 0 Å². The van der Waals surface area contributed by atoms with Gasteiger partial charge in [-0.1, -0.05) is 18.2 Å². The number of para-hydroxylation sites is 1. The van der Waals surface area contributed by atoms with Crippen molar-refractivity contribution < 1.29 is 4.74 Å². The Morgan fingerprint density at radius 1 is 1.24 bits per heavy atom. The molecule has 1 aromatic carbocycles. The van der Waals surface area contributed by atoms with Crippen LogP contribution in [0.4, 0.5) is 5.82 Å². The largest absolute Gasteiger partial charge is 0.384 e. The Bertz CT molecular complexity index is 497. The Kier molecular flexibility index (Phi) is 3.94. The van der Waals surface area contributed by atoms with Gasteiger partial charge in [-0.15, -0.1) is 0 Å². The van der Waals surface area contributed by atoms with Crippen molar-refractivity contribution in [2.45, 2.75) is 13.3 Å². The number of nitrogens with zero attached hydrogens (tertiary/aromatic N) is 1. The number of pyridine rings is 1. The number of hydrogen-bond donors (Lipinski definition) is 1. The highest BCUT2D eigenvalue weighted by atomic mass is 16.5. The molecule has 3 nitrogen and oxygen atoms in total. The molecular weight excluding hydrogens is 212 g/mol. The van der Waals surface area contributed by atoms with E-state index in [9.17, 15) is 0 Å². The van der Waals surface area contributed by atoms with Gasteiger partial charge in [0, 0.05) is 19.0 Å². The molecular formula is C14H18N2O. The van der Waals surface area contributed by atoms with Gasteiger partial charge in [0.1, 0.15) is 5.82 Å². The summed E-state index contributed by atoms with van der Waals surface area (Å²) in [4.78, 5) is 4.65. The minimum atomic E-state index is 0.728. The molecule has 0 aliphatic rings. The van der Waals surface area contributed by atoms with E-state index in [4.69, 9.17) is 4.74 Å². The molecule has 17 heavy (non-hydrogen) atoms. The third kappa shape index (κ3) is 2.74. The SMILES string of the molecule is CCNc1ccc2cccc(CCOC)c2n1. The topological polar surface area (TPSA) is 34.1 Å². The normalized spacial score (nSPS) is 10.7. The summed E-state index contributed by atoms with van der Waals surface area (Å²) in [5.41, 5.74) is 2.31. The van der Waals surface area contributed by atoms with Gasteiger partial charge >= 0.3 is 0 Å². The summed E-state index contributed by atoms with van der Waals surface area (Å²) >= 11 is 0. The monoisotopic (exact) mass is 230 g/mol. The van der Waals surface area contributed by atoms with Crippen LogP contribution >= 0.6 is 0 Å². The summed E-state index contributed by atoms with van der Waals surface area (Å²) in [6, 6.07) is 10.4. The van der Waals surface area contributed by atoms with E-state index < -0.39 is 0 Å². The van der Waals surface area contributed by atoms with E-state index in [1.807, 2.05) is 6.07 Å². The highest BCUT2D eigenvalue weighted by molar-refractivity contribution is 5.83. The number of hydrogen-bond acceptors (Lipinski definition) is 3. The first-order valence-corrected chi connectivity index (χ1v) is 5.96. The van der Waals surface area contributed by atoms with E-state index in [-0.39, 0.29) is 0 Å². The smallest absolute Gasteiger partial charge is 0.126 e. The molecule has 0 saturated heterocycles. The average molecular weight is 230 g/mol. The summed E-state index contributed by atoms with van der Waals surface area (Å²) in [6.45, 7) is 3.69. The number of ether oxygens (including phenoxy) is 1. The summed E-state index contributed by atoms with van der Waals surface area (Å²) in [5.74, 6) is 0.935. The second-order valence-electron chi connectivity index (χ2n) is 3.96. The van der Waals surface area contributed by atoms with Crippen molar-refractivity contribution in [3.05, 3.63) is 35.9 Å². The molecule has 0 spiro atoms. The van der Waals surface area contributed by atoms with Crippen molar-refractivity contribution >= 4 is 16.7 Å². The number of benzene rings is 1. The van der Waals surface area contributed by atoms with Gasteiger partial charge < -0.3 is 10.1 Å². The zero-order valence-electron chi connectivity index (χ0n) is 10.4. The van der Waals surface area contributed by atoms with Gasteiger partial charge in [0.2, 0.25) is 0 Å². The summed E-state index contributed by atoms with van der Waals surface area (Å²) < 4.78 is 5.13. The number of anilines is 1. The number of aromatic nitrogens is 1. The van der Waals surface area contributed by atoms with Crippen LogP contribution in [0.5, 0.6) is 0 Å². The molecule has 3 heteroatoms. The third-order valence-electron chi connectivity index (χ3n) is 2.74. The molecule has 1 aromatic heterocycles. The third-order valence-corrected chi connectivity index (χ3v) is 2.74. The quantitative estimate of drug-likeness (QED) is 0.857. The van der Waals surface area contributed by atoms with Crippen LogP contribution in [0.2, 0.25) is 0 Å². The van der Waals surface area contributed by atoms with Crippen molar-refractivity contribution in [2.24, 2.45) is 0 Å². The van der Waals surface area contributed by atoms with Crippen LogP contribution in [0, 0.1) is 0 Å². The summed E-state index contributed by atoms with van der Waals surface area (Å²) in [5, 5.41) is 4.42. The zero-order chi connectivity index (χ0) is 12.1. The maximum Gasteiger partial charge on any atom is 0.126 e. The van der Waals surface area contributed by atoms with Crippen LogP contribution in [-0.2, 0) is 11.2 Å². The second-order valence-corrected chi connectivity index (χ2v) is 3.96. The lowest BCUT2D eigenvalue weighted by atomic mass is 10.1. The molecule has 0 amide bonds. The van der Waals surface area contributed by atoms with Gasteiger partial charge in [0.25, 0.3) is 0 Å². The van der Waals surface area contributed by atoms with Crippen LogP contribution in [0.25, 0.3) is 10.9 Å². The number of methoxy groups -OCH3 is 1. The van der Waals surface area contributed by atoms with Crippen molar-refractivity contribution in [3.63, 3.8) is 0 Å². The van der Waals surface area contributed by atoms with Gasteiger partial charge in [-0.3, -0.25) is 0 Å². The molecule has 0 saturated carbocycles. The van der Waals surface area contributed by atoms with Gasteiger partial charge in [-0.25, -0.2) is 4.98 Å². The standard InChI is InChI=1S/C14H18N2O/c1-3-15-13-8-7-11-5-4-6-12(9-10-17-2)14(11)16-13/h4-8H,3,9-10H2,1-2H3,(H,15,16). The molecule has 0 unspecified atom stereocenters. The highest BCUT2D eigenvalue weighted by Crippen LogP contribution is 2.19. The van der Waals surface area contributed by atoms with Crippen LogP contribution in [0.1, 0.15) is 12.5 Å². The van der Waals surface area contributed by atoms with E-state index in [0.29, 0.717) is 0 Å². The lowest BCUT2D eigenvalue weighted by Crippen LogP contribution is -2.01. The van der Waals surface area contributed by atoms with E-state index >= 15 is 0 Å². The molecule has 0 atom stereocenters. The van der Waals surface area contributed by atoms with E-state index in [2.05, 4.69) is 41.5 Å². The molecule has 1 N–H and O–H groups in total. The Hall–Kier alpha value is -1.61. The van der Waals surface area contributed by atoms with E-state index in [1.54, 1.807) is 7.11 Å². The molecule has 0 aliphatic heterocycles. The fraction of sp³-hybridized carbons (Fsp3) is 0.357. The minimum Gasteiger partial charge on any atom is -0.384 e. The highest BCUT2D eigenvalue weighted by Gasteiger charge is 2.03. The molecule has 2 rings (SSSR count). The molecule has 0 bridgehead atoms. The van der Waals surface area contributed by atoms with Crippen LogP contribution in [-0.4, -0.2) is 25.2 Å². The molecule has 0 radical (unpaired) electrons. The van der Waals surface area contributed by atoms with Gasteiger partial charge in [0.05, 0.1) is 12.1 Å². The Balaban J connectivity index is 2.40. The van der Waals surface area contributed by atoms with Crippen molar-refractivity contribution in [2.75, 3.05) is 25.6 Å². The Morgan fingerprint density at radius 2 is 2.12 bits per heavy atom. The maximum atomic E-state index is 5.13. The predicted molar refractivity (Wildman–Crippen MR) is 71.5 cm³/mol. The van der Waals surface area contributed by atoms with Crippen LogP contribution in [0.15, 0.2) is 30.3 Å². The first-order valence-electron chi connectivity index (χ1n) is 5.96. The summed E-state index contributed by atoms with van der Waals surface area (Å²) in [6.07, 6.45) is 0.899.